The topological polar surface area (TPSA) is 80.2 Å². The van der Waals surface area contributed by atoms with E-state index in [1.54, 1.807) is 30.2 Å². The molecule has 0 aromatic heterocycles. The molecule has 0 saturated carbocycles. The molecule has 0 radical (unpaired) electrons. The summed E-state index contributed by atoms with van der Waals surface area (Å²) in [6, 6.07) is 15.2. The quantitative estimate of drug-likeness (QED) is 0.463. The molecule has 0 unspecified atom stereocenters. The van der Waals surface area contributed by atoms with Gasteiger partial charge < -0.3 is 14.4 Å². The molecule has 1 heterocycles. The third kappa shape index (κ3) is 5.81. The van der Waals surface area contributed by atoms with Crippen LogP contribution >= 0.6 is 0 Å². The fourth-order valence-corrected chi connectivity index (χ4v) is 3.07. The van der Waals surface area contributed by atoms with Gasteiger partial charge in [0.05, 0.1) is 13.3 Å². The third-order valence-corrected chi connectivity index (χ3v) is 4.64. The number of amides is 2. The molecule has 2 amide bonds. The number of hydrogen-bond acceptors (Lipinski definition) is 5. The largest absolute Gasteiger partial charge is 0.493 e. The second-order valence-corrected chi connectivity index (χ2v) is 6.74. The first kappa shape index (κ1) is 20.4. The molecule has 1 aliphatic rings. The maximum absolute atomic E-state index is 12.1. The molecule has 1 N–H and O–H groups in total. The highest BCUT2D eigenvalue weighted by Crippen LogP contribution is 2.28. The molecule has 2 aromatic carbocycles. The normalized spacial score (nSPS) is 13.9. The van der Waals surface area contributed by atoms with Crippen LogP contribution in [0.25, 0.3) is 0 Å². The van der Waals surface area contributed by atoms with Crippen molar-refractivity contribution >= 4 is 18.0 Å². The molecular weight excluding hydrogens is 370 g/mol. The lowest BCUT2D eigenvalue weighted by atomic mass is 10.1. The van der Waals surface area contributed by atoms with Crippen LogP contribution in [0.4, 0.5) is 0 Å². The summed E-state index contributed by atoms with van der Waals surface area (Å²) in [5.41, 5.74) is 4.06. The molecule has 29 heavy (non-hydrogen) atoms. The molecule has 0 bridgehead atoms. The Labute approximate surface area is 170 Å². The van der Waals surface area contributed by atoms with E-state index < -0.39 is 11.8 Å². The smallest absolute Gasteiger partial charge is 0.329 e. The Hall–Kier alpha value is -3.35. The van der Waals surface area contributed by atoms with Gasteiger partial charge in [-0.1, -0.05) is 30.3 Å². The van der Waals surface area contributed by atoms with Gasteiger partial charge in [0.25, 0.3) is 0 Å². The summed E-state index contributed by atoms with van der Waals surface area (Å²) < 4.78 is 11.2. The molecule has 1 aliphatic heterocycles. The number of carbonyl (C=O) groups is 2. The van der Waals surface area contributed by atoms with E-state index in [1.807, 2.05) is 30.3 Å². The molecule has 1 saturated heterocycles. The van der Waals surface area contributed by atoms with Crippen molar-refractivity contribution in [2.75, 3.05) is 20.2 Å². The second kappa shape index (κ2) is 10.3. The number of benzene rings is 2. The lowest BCUT2D eigenvalue weighted by Crippen LogP contribution is -2.43. The van der Waals surface area contributed by atoms with Gasteiger partial charge in [-0.05, 0) is 48.6 Å². The van der Waals surface area contributed by atoms with Crippen LogP contribution in [0.5, 0.6) is 11.5 Å². The fourth-order valence-electron chi connectivity index (χ4n) is 3.07. The number of ether oxygens (including phenoxy) is 2. The minimum Gasteiger partial charge on any atom is -0.493 e. The molecule has 7 nitrogen and oxygen atoms in total. The van der Waals surface area contributed by atoms with E-state index in [1.165, 1.54) is 6.21 Å². The summed E-state index contributed by atoms with van der Waals surface area (Å²) in [4.78, 5) is 25.6. The number of piperidine rings is 1. The van der Waals surface area contributed by atoms with Gasteiger partial charge in [0.15, 0.2) is 11.5 Å². The summed E-state index contributed by atoms with van der Waals surface area (Å²) in [7, 11) is 1.56. The highest BCUT2D eigenvalue weighted by Gasteiger charge is 2.22. The standard InChI is InChI=1S/C22H25N3O4/c1-28-20-14-18(10-11-19(20)29-16-17-8-4-2-5-9-17)15-23-24-21(26)22(27)25-12-6-3-7-13-25/h2,4-5,8-11,14-15H,3,6-7,12-13,16H2,1H3,(H,24,26)/b23-15-. The molecule has 152 valence electrons. The molecular formula is C22H25N3O4. The predicted molar refractivity (Wildman–Crippen MR) is 110 cm³/mol. The van der Waals surface area contributed by atoms with E-state index in [0.717, 1.165) is 24.8 Å². The van der Waals surface area contributed by atoms with E-state index in [-0.39, 0.29) is 0 Å². The van der Waals surface area contributed by atoms with Crippen molar-refractivity contribution in [3.63, 3.8) is 0 Å². The van der Waals surface area contributed by atoms with Crippen molar-refractivity contribution in [1.29, 1.82) is 0 Å². The maximum atomic E-state index is 12.1. The number of nitrogens with one attached hydrogen (secondary N) is 1. The number of hydrazone groups is 1. The predicted octanol–water partition coefficient (Wildman–Crippen LogP) is 2.74. The summed E-state index contributed by atoms with van der Waals surface area (Å²) in [5.74, 6) is -0.0968. The summed E-state index contributed by atoms with van der Waals surface area (Å²) in [5, 5.41) is 3.89. The van der Waals surface area contributed by atoms with E-state index in [4.69, 9.17) is 9.47 Å². The van der Waals surface area contributed by atoms with Crippen molar-refractivity contribution in [1.82, 2.24) is 10.3 Å². The summed E-state index contributed by atoms with van der Waals surface area (Å²) >= 11 is 0. The molecule has 7 heteroatoms. The number of likely N-dealkylation sites (tertiary alicyclic amines) is 1. The Morgan fingerprint density at radius 2 is 1.83 bits per heavy atom. The number of rotatable bonds is 6. The van der Waals surface area contributed by atoms with Crippen LogP contribution in [0.1, 0.15) is 30.4 Å². The Morgan fingerprint density at radius 1 is 1.07 bits per heavy atom. The van der Waals surface area contributed by atoms with Crippen LogP contribution in [0.15, 0.2) is 53.6 Å². The number of carbonyl (C=O) groups excluding carboxylic acids is 2. The second-order valence-electron chi connectivity index (χ2n) is 6.74. The first-order valence-corrected chi connectivity index (χ1v) is 9.64. The lowest BCUT2D eigenvalue weighted by Gasteiger charge is -2.25. The highest BCUT2D eigenvalue weighted by atomic mass is 16.5. The zero-order valence-corrected chi connectivity index (χ0v) is 16.5. The minimum atomic E-state index is -0.724. The fraction of sp³-hybridized carbons (Fsp3) is 0.318. The molecule has 0 atom stereocenters. The minimum absolute atomic E-state index is 0.430. The Kier molecular flexibility index (Phi) is 7.22. The van der Waals surface area contributed by atoms with Crippen molar-refractivity contribution < 1.29 is 19.1 Å². The van der Waals surface area contributed by atoms with Gasteiger partial charge in [0.1, 0.15) is 6.61 Å². The van der Waals surface area contributed by atoms with Crippen LogP contribution in [-0.4, -0.2) is 43.1 Å². The Bertz CT molecular complexity index is 862. The maximum Gasteiger partial charge on any atom is 0.329 e. The molecule has 0 aliphatic carbocycles. The average Bonchev–Trinajstić information content (AvgIpc) is 2.78. The zero-order valence-electron chi connectivity index (χ0n) is 16.5. The number of methoxy groups -OCH3 is 1. The Balaban J connectivity index is 1.56. The van der Waals surface area contributed by atoms with Gasteiger partial charge in [-0.3, -0.25) is 9.59 Å². The van der Waals surface area contributed by atoms with Crippen molar-refractivity contribution in [2.45, 2.75) is 25.9 Å². The zero-order chi connectivity index (χ0) is 20.5. The van der Waals surface area contributed by atoms with Crippen LogP contribution in [-0.2, 0) is 16.2 Å². The van der Waals surface area contributed by atoms with Gasteiger partial charge in [-0.15, -0.1) is 0 Å². The highest BCUT2D eigenvalue weighted by molar-refractivity contribution is 6.35. The third-order valence-electron chi connectivity index (χ3n) is 4.64. The molecule has 0 spiro atoms. The SMILES string of the molecule is COc1cc(/C=N\NC(=O)C(=O)N2CCCCC2)ccc1OCc1ccccc1. The molecule has 1 fully saturated rings. The van der Waals surface area contributed by atoms with Crippen LogP contribution in [0.2, 0.25) is 0 Å². The van der Waals surface area contributed by atoms with Crippen LogP contribution in [0, 0.1) is 0 Å². The average molecular weight is 395 g/mol. The number of nitrogens with zero attached hydrogens (tertiary/aromatic N) is 2. The first-order valence-electron chi connectivity index (χ1n) is 9.64. The van der Waals surface area contributed by atoms with E-state index in [9.17, 15) is 9.59 Å². The van der Waals surface area contributed by atoms with E-state index >= 15 is 0 Å². The Morgan fingerprint density at radius 3 is 2.55 bits per heavy atom. The summed E-state index contributed by atoms with van der Waals surface area (Å²) in [6.45, 7) is 1.68. The molecule has 3 rings (SSSR count). The monoisotopic (exact) mass is 395 g/mol. The van der Waals surface area contributed by atoms with Gasteiger partial charge in [-0.2, -0.15) is 5.10 Å². The van der Waals surface area contributed by atoms with Gasteiger partial charge in [0, 0.05) is 13.1 Å². The van der Waals surface area contributed by atoms with Crippen LogP contribution in [0.3, 0.4) is 0 Å². The lowest BCUT2D eigenvalue weighted by molar-refractivity contribution is -0.146. The van der Waals surface area contributed by atoms with Crippen molar-refractivity contribution in [2.24, 2.45) is 5.10 Å². The molecule has 2 aromatic rings. The van der Waals surface area contributed by atoms with E-state index in [2.05, 4.69) is 10.5 Å². The van der Waals surface area contributed by atoms with Gasteiger partial charge >= 0.3 is 11.8 Å². The number of hydrogen-bond donors (Lipinski definition) is 1. The summed E-state index contributed by atoms with van der Waals surface area (Å²) in [6.07, 6.45) is 4.42. The van der Waals surface area contributed by atoms with Gasteiger partial charge in [-0.25, -0.2) is 5.43 Å². The van der Waals surface area contributed by atoms with Gasteiger partial charge in [0.2, 0.25) is 0 Å². The van der Waals surface area contributed by atoms with Crippen molar-refractivity contribution in [3.8, 4) is 11.5 Å². The van der Waals surface area contributed by atoms with Crippen LogP contribution < -0.4 is 14.9 Å². The van der Waals surface area contributed by atoms with E-state index in [0.29, 0.717) is 36.8 Å². The van der Waals surface area contributed by atoms with Crippen molar-refractivity contribution in [3.05, 3.63) is 59.7 Å². The first-order chi connectivity index (χ1) is 14.2.